The summed E-state index contributed by atoms with van der Waals surface area (Å²) in [7, 11) is 0. The molecule has 2 nitrogen and oxygen atoms in total. The Balaban J connectivity index is 1.76. The second-order valence-corrected chi connectivity index (χ2v) is 8.14. The van der Waals surface area contributed by atoms with E-state index in [9.17, 15) is 0 Å². The summed E-state index contributed by atoms with van der Waals surface area (Å²) >= 11 is 3.54. The molecule has 0 amide bonds. The summed E-state index contributed by atoms with van der Waals surface area (Å²) < 4.78 is 3.33. The molecule has 2 aromatic carbocycles. The normalized spacial score (nSPS) is 11.7. The van der Waals surface area contributed by atoms with Gasteiger partial charge in [0.15, 0.2) is 0 Å². The van der Waals surface area contributed by atoms with Crippen molar-refractivity contribution in [1.82, 2.24) is 9.55 Å². The van der Waals surface area contributed by atoms with Crippen LogP contribution in [-0.4, -0.2) is 9.55 Å². The van der Waals surface area contributed by atoms with Gasteiger partial charge in [-0.1, -0.05) is 73.1 Å². The average molecular weight is 383 g/mol. The number of hydrogen-bond donors (Lipinski definition) is 0. The van der Waals surface area contributed by atoms with Gasteiger partial charge in [-0.25, -0.2) is 4.98 Å². The van der Waals surface area contributed by atoms with E-state index in [4.69, 9.17) is 0 Å². The minimum Gasteiger partial charge on any atom is -0.330 e. The van der Waals surface area contributed by atoms with Crippen molar-refractivity contribution in [2.75, 3.05) is 0 Å². The molecular weight excluding hydrogens is 360 g/mol. The standard InChI is InChI=1S/C21H23BrN2/c1-21(2,3)18-9-7-16(8-10-18)14-20-23-11-12-24(20)15-17-5-4-6-19(22)13-17/h4-13H,14-15H2,1-3H3. The van der Waals surface area contributed by atoms with Crippen molar-refractivity contribution in [2.24, 2.45) is 0 Å². The van der Waals surface area contributed by atoms with Crippen LogP contribution in [0, 0.1) is 0 Å². The molecule has 0 N–H and O–H groups in total. The topological polar surface area (TPSA) is 17.8 Å². The number of imidazole rings is 1. The van der Waals surface area contributed by atoms with Gasteiger partial charge in [0.1, 0.15) is 5.82 Å². The summed E-state index contributed by atoms with van der Waals surface area (Å²) in [6.07, 6.45) is 4.79. The molecular formula is C21H23BrN2. The molecule has 0 saturated heterocycles. The van der Waals surface area contributed by atoms with Gasteiger partial charge in [-0.15, -0.1) is 0 Å². The molecule has 0 fully saturated rings. The lowest BCUT2D eigenvalue weighted by Crippen LogP contribution is -2.11. The third-order valence-corrected chi connectivity index (χ3v) is 4.72. The van der Waals surface area contributed by atoms with Gasteiger partial charge in [-0.2, -0.15) is 0 Å². The van der Waals surface area contributed by atoms with Crippen molar-refractivity contribution in [1.29, 1.82) is 0 Å². The fraction of sp³-hybridized carbons (Fsp3) is 0.286. The van der Waals surface area contributed by atoms with Gasteiger partial charge in [0.2, 0.25) is 0 Å². The van der Waals surface area contributed by atoms with E-state index in [2.05, 4.69) is 101 Å². The van der Waals surface area contributed by atoms with Crippen molar-refractivity contribution in [3.8, 4) is 0 Å². The zero-order valence-corrected chi connectivity index (χ0v) is 16.0. The molecule has 3 heteroatoms. The third-order valence-electron chi connectivity index (χ3n) is 4.23. The Morgan fingerprint density at radius 2 is 1.75 bits per heavy atom. The molecule has 0 aliphatic rings. The van der Waals surface area contributed by atoms with Gasteiger partial charge in [-0.3, -0.25) is 0 Å². The largest absolute Gasteiger partial charge is 0.330 e. The highest BCUT2D eigenvalue weighted by Crippen LogP contribution is 2.23. The number of aromatic nitrogens is 2. The fourth-order valence-corrected chi connectivity index (χ4v) is 3.24. The van der Waals surface area contributed by atoms with Crippen LogP contribution in [0.1, 0.15) is 43.3 Å². The molecule has 0 atom stereocenters. The van der Waals surface area contributed by atoms with E-state index in [-0.39, 0.29) is 5.41 Å². The van der Waals surface area contributed by atoms with Crippen LogP contribution in [0.3, 0.4) is 0 Å². The molecule has 0 spiro atoms. The number of halogens is 1. The molecule has 0 unspecified atom stereocenters. The van der Waals surface area contributed by atoms with Gasteiger partial charge in [0, 0.05) is 29.8 Å². The highest BCUT2D eigenvalue weighted by atomic mass is 79.9. The predicted octanol–water partition coefficient (Wildman–Crippen LogP) is 5.58. The monoisotopic (exact) mass is 382 g/mol. The zero-order chi connectivity index (χ0) is 17.2. The molecule has 124 valence electrons. The lowest BCUT2D eigenvalue weighted by Gasteiger charge is -2.19. The first-order valence-corrected chi connectivity index (χ1v) is 9.05. The predicted molar refractivity (Wildman–Crippen MR) is 103 cm³/mol. The lowest BCUT2D eigenvalue weighted by atomic mass is 9.86. The summed E-state index contributed by atoms with van der Waals surface area (Å²) in [6, 6.07) is 17.3. The second-order valence-electron chi connectivity index (χ2n) is 7.22. The van der Waals surface area contributed by atoms with Crippen LogP contribution in [-0.2, 0) is 18.4 Å². The van der Waals surface area contributed by atoms with E-state index in [1.54, 1.807) is 0 Å². The summed E-state index contributed by atoms with van der Waals surface area (Å²) in [5, 5.41) is 0. The fourth-order valence-electron chi connectivity index (χ4n) is 2.79. The molecule has 0 saturated carbocycles. The molecule has 3 aromatic rings. The lowest BCUT2D eigenvalue weighted by molar-refractivity contribution is 0.590. The third kappa shape index (κ3) is 4.15. The summed E-state index contributed by atoms with van der Waals surface area (Å²) in [5.41, 5.74) is 4.12. The summed E-state index contributed by atoms with van der Waals surface area (Å²) in [6.45, 7) is 7.57. The molecule has 24 heavy (non-hydrogen) atoms. The van der Waals surface area contributed by atoms with Gasteiger partial charge in [-0.05, 0) is 34.2 Å². The number of nitrogens with zero attached hydrogens (tertiary/aromatic N) is 2. The number of hydrogen-bond acceptors (Lipinski definition) is 1. The molecule has 3 rings (SSSR count). The molecule has 0 aliphatic carbocycles. The van der Waals surface area contributed by atoms with Crippen LogP contribution in [0.25, 0.3) is 0 Å². The second kappa shape index (κ2) is 6.94. The quantitative estimate of drug-likeness (QED) is 0.575. The van der Waals surface area contributed by atoms with Gasteiger partial charge >= 0.3 is 0 Å². The molecule has 1 aromatic heterocycles. The SMILES string of the molecule is CC(C)(C)c1ccc(Cc2nccn2Cc2cccc(Br)c2)cc1. The number of rotatable bonds is 4. The minimum absolute atomic E-state index is 0.192. The van der Waals surface area contributed by atoms with Crippen LogP contribution >= 0.6 is 15.9 Å². The van der Waals surface area contributed by atoms with E-state index < -0.39 is 0 Å². The molecule has 0 radical (unpaired) electrons. The van der Waals surface area contributed by atoms with Crippen molar-refractivity contribution in [2.45, 2.75) is 39.2 Å². The smallest absolute Gasteiger partial charge is 0.113 e. The van der Waals surface area contributed by atoms with Gasteiger partial charge < -0.3 is 4.57 Å². The molecule has 0 aliphatic heterocycles. The van der Waals surface area contributed by atoms with E-state index in [1.165, 1.54) is 16.7 Å². The highest BCUT2D eigenvalue weighted by Gasteiger charge is 2.13. The van der Waals surface area contributed by atoms with Crippen molar-refractivity contribution >= 4 is 15.9 Å². The van der Waals surface area contributed by atoms with E-state index in [1.807, 2.05) is 6.20 Å². The van der Waals surface area contributed by atoms with Crippen LogP contribution in [0.5, 0.6) is 0 Å². The Hall–Kier alpha value is -1.87. The van der Waals surface area contributed by atoms with Gasteiger partial charge in [0.05, 0.1) is 0 Å². The Labute approximate surface area is 152 Å². The Bertz CT molecular complexity index is 810. The van der Waals surface area contributed by atoms with Crippen molar-refractivity contribution in [3.63, 3.8) is 0 Å². The van der Waals surface area contributed by atoms with Crippen molar-refractivity contribution < 1.29 is 0 Å². The van der Waals surface area contributed by atoms with Crippen molar-refractivity contribution in [3.05, 3.63) is 87.9 Å². The van der Waals surface area contributed by atoms with Crippen LogP contribution in [0.2, 0.25) is 0 Å². The molecule has 0 bridgehead atoms. The Morgan fingerprint density at radius 1 is 1.00 bits per heavy atom. The first-order valence-electron chi connectivity index (χ1n) is 8.26. The minimum atomic E-state index is 0.192. The van der Waals surface area contributed by atoms with E-state index in [0.717, 1.165) is 23.3 Å². The van der Waals surface area contributed by atoms with Crippen LogP contribution in [0.4, 0.5) is 0 Å². The van der Waals surface area contributed by atoms with Crippen LogP contribution in [0.15, 0.2) is 65.4 Å². The molecule has 1 heterocycles. The Kier molecular flexibility index (Phi) is 4.91. The maximum Gasteiger partial charge on any atom is 0.113 e. The van der Waals surface area contributed by atoms with E-state index >= 15 is 0 Å². The maximum atomic E-state index is 4.55. The summed E-state index contributed by atoms with van der Waals surface area (Å²) in [5.74, 6) is 1.10. The summed E-state index contributed by atoms with van der Waals surface area (Å²) in [4.78, 5) is 4.55. The van der Waals surface area contributed by atoms with E-state index in [0.29, 0.717) is 0 Å². The Morgan fingerprint density at radius 3 is 2.42 bits per heavy atom. The maximum absolute atomic E-state index is 4.55. The first kappa shape index (κ1) is 17.0. The first-order chi connectivity index (χ1) is 11.4. The highest BCUT2D eigenvalue weighted by molar-refractivity contribution is 9.10. The zero-order valence-electron chi connectivity index (χ0n) is 14.5. The average Bonchev–Trinajstić information content (AvgIpc) is 2.94. The number of benzene rings is 2. The van der Waals surface area contributed by atoms with Crippen LogP contribution < -0.4 is 0 Å². The van der Waals surface area contributed by atoms with Gasteiger partial charge in [0.25, 0.3) is 0 Å².